The average molecular weight is 832 g/mol. The molecule has 0 aliphatic heterocycles. The van der Waals surface area contributed by atoms with Gasteiger partial charge in [0.15, 0.2) is 11.6 Å². The van der Waals surface area contributed by atoms with Gasteiger partial charge in [-0.3, -0.25) is 19.7 Å². The molecule has 0 saturated carbocycles. The number of Topliss-reactive ketones (excluding diaryl/α,β-unsaturated/α-hetero) is 2. The van der Waals surface area contributed by atoms with Gasteiger partial charge in [-0.25, -0.2) is 4.79 Å². The highest BCUT2D eigenvalue weighted by Gasteiger charge is 2.50. The zero-order valence-corrected chi connectivity index (χ0v) is 38.0. The van der Waals surface area contributed by atoms with Crippen LogP contribution in [0.5, 0.6) is 11.5 Å². The van der Waals surface area contributed by atoms with E-state index in [1.54, 1.807) is 13.8 Å². The molecule has 1 aliphatic carbocycles. The Balaban J connectivity index is 1.53. The van der Waals surface area contributed by atoms with Crippen LogP contribution in [0.1, 0.15) is 76.8 Å². The Morgan fingerprint density at radius 1 is 0.831 bits per heavy atom. The van der Waals surface area contributed by atoms with Crippen LogP contribution in [0, 0.1) is 12.8 Å². The van der Waals surface area contributed by atoms with Crippen LogP contribution in [-0.4, -0.2) is 60.2 Å². The predicted octanol–water partition coefficient (Wildman–Crippen LogP) is 9.25. The number of rotatable bonds is 16. The number of ether oxygens (including phenoxy) is 3. The molecule has 0 bridgehead atoms. The topological polar surface area (TPSA) is 117 Å². The number of nitrogens with one attached hydrogen (secondary N) is 1. The first-order valence-corrected chi connectivity index (χ1v) is 25.6. The smallest absolute Gasteiger partial charge is 0.411 e. The van der Waals surface area contributed by atoms with E-state index in [9.17, 15) is 19.2 Å². The SMILES string of the molecule is COc1c(C)c(OCc2ccccc2)c2c(c1C(=O)/C(C)=C/[C@H](C)CO[Si](c1ccccc1)(c1ccccc1)C(C)(C)C)C(=O)C=C(NC(=O)OCC[Si](C)(C)C)C2=O. The van der Waals surface area contributed by atoms with Gasteiger partial charge >= 0.3 is 6.09 Å². The lowest BCUT2D eigenvalue weighted by Gasteiger charge is -2.43. The maximum Gasteiger partial charge on any atom is 0.411 e. The highest BCUT2D eigenvalue weighted by Crippen LogP contribution is 2.43. The van der Waals surface area contributed by atoms with E-state index in [2.05, 4.69) is 70.0 Å². The van der Waals surface area contributed by atoms with Crippen LogP contribution in [0.2, 0.25) is 30.7 Å². The van der Waals surface area contributed by atoms with E-state index in [0.717, 1.165) is 28.1 Å². The van der Waals surface area contributed by atoms with E-state index in [-0.39, 0.29) is 58.1 Å². The maximum absolute atomic E-state index is 14.7. The molecule has 0 spiro atoms. The second kappa shape index (κ2) is 18.7. The van der Waals surface area contributed by atoms with Crippen molar-refractivity contribution < 1.29 is 37.8 Å². The molecule has 0 fully saturated rings. The van der Waals surface area contributed by atoms with Crippen molar-refractivity contribution in [3.8, 4) is 11.5 Å². The minimum atomic E-state index is -2.86. The van der Waals surface area contributed by atoms with E-state index in [4.69, 9.17) is 18.6 Å². The minimum absolute atomic E-state index is 0.0488. The third-order valence-electron chi connectivity index (χ3n) is 10.5. The highest BCUT2D eigenvalue weighted by atomic mass is 28.4. The van der Waals surface area contributed by atoms with Gasteiger partial charge in [0.25, 0.3) is 8.32 Å². The molecular formula is C48H57NO8Si2. The summed E-state index contributed by atoms with van der Waals surface area (Å²) < 4.78 is 24.7. The van der Waals surface area contributed by atoms with E-state index in [0.29, 0.717) is 17.7 Å². The molecule has 1 amide bonds. The standard InChI is InChI=1S/C48H57NO8Si2/c1-32(30-57-59(48(4,5)6,36-22-16-12-17-23-36)37-24-18-13-19-25-37)28-33(2)43(51)41-40-39(50)29-38(49-47(53)55-26-27-58(8,9)10)44(52)42(40)46(34(3)45(41)54-7)56-31-35-20-14-11-15-21-35/h11-25,28-29,32H,26-27,30-31H2,1-10H3,(H,49,53)/b33-28+/t32-/m0/s1. The zero-order chi connectivity index (χ0) is 43.1. The normalized spacial score (nSPS) is 13.9. The van der Waals surface area contributed by atoms with E-state index < -0.39 is 39.8 Å². The fourth-order valence-electron chi connectivity index (χ4n) is 7.53. The van der Waals surface area contributed by atoms with Crippen molar-refractivity contribution in [1.82, 2.24) is 5.32 Å². The average Bonchev–Trinajstić information content (AvgIpc) is 3.19. The molecule has 11 heteroatoms. The maximum atomic E-state index is 14.7. The van der Waals surface area contributed by atoms with Crippen molar-refractivity contribution in [1.29, 1.82) is 0 Å². The molecule has 5 rings (SSSR count). The first-order valence-electron chi connectivity index (χ1n) is 20.0. The summed E-state index contributed by atoms with van der Waals surface area (Å²) in [5, 5.41) is 4.54. The Morgan fingerprint density at radius 3 is 1.92 bits per heavy atom. The van der Waals surface area contributed by atoms with Crippen LogP contribution in [-0.2, 0) is 15.8 Å². The van der Waals surface area contributed by atoms with Crippen molar-refractivity contribution in [2.24, 2.45) is 5.92 Å². The number of methoxy groups -OCH3 is 1. The number of ketones is 3. The Labute approximate surface area is 351 Å². The monoisotopic (exact) mass is 831 g/mol. The van der Waals surface area contributed by atoms with Crippen LogP contribution in [0.4, 0.5) is 4.79 Å². The largest absolute Gasteiger partial charge is 0.496 e. The summed E-state index contributed by atoms with van der Waals surface area (Å²) in [4.78, 5) is 56.2. The summed E-state index contributed by atoms with van der Waals surface area (Å²) >= 11 is 0. The van der Waals surface area contributed by atoms with Gasteiger partial charge in [0.1, 0.15) is 18.1 Å². The third-order valence-corrected chi connectivity index (χ3v) is 17.2. The van der Waals surface area contributed by atoms with Crippen LogP contribution in [0.25, 0.3) is 0 Å². The summed E-state index contributed by atoms with van der Waals surface area (Å²) in [6.45, 7) is 19.1. The molecule has 1 N–H and O–H groups in total. The Hall–Kier alpha value is -5.37. The van der Waals surface area contributed by atoms with Gasteiger partial charge in [-0.2, -0.15) is 0 Å². The Morgan fingerprint density at radius 2 is 1.39 bits per heavy atom. The number of amides is 1. The summed E-state index contributed by atoms with van der Waals surface area (Å²) in [5.41, 5.74) is 0.946. The Bertz CT molecular complexity index is 2200. The molecular weight excluding hydrogens is 775 g/mol. The van der Waals surface area contributed by atoms with Gasteiger partial charge in [-0.05, 0) is 52.4 Å². The molecule has 0 heterocycles. The number of carbonyl (C=O) groups excluding carboxylic acids is 4. The lowest BCUT2D eigenvalue weighted by Crippen LogP contribution is -2.66. The number of hydrogen-bond donors (Lipinski definition) is 1. The van der Waals surface area contributed by atoms with Gasteiger partial charge in [0, 0.05) is 26.3 Å². The highest BCUT2D eigenvalue weighted by molar-refractivity contribution is 6.99. The quantitative estimate of drug-likeness (QED) is 0.0675. The lowest BCUT2D eigenvalue weighted by atomic mass is 9.83. The summed E-state index contributed by atoms with van der Waals surface area (Å²) in [6.07, 6.45) is 2.03. The summed E-state index contributed by atoms with van der Waals surface area (Å²) in [5.74, 6) is -1.83. The molecule has 310 valence electrons. The number of fused-ring (bicyclic) bond motifs is 1. The first-order chi connectivity index (χ1) is 27.9. The summed E-state index contributed by atoms with van der Waals surface area (Å²) in [6, 6.07) is 30.8. The molecule has 0 saturated heterocycles. The minimum Gasteiger partial charge on any atom is -0.496 e. The van der Waals surface area contributed by atoms with Crippen LogP contribution in [0.3, 0.4) is 0 Å². The molecule has 4 aromatic rings. The van der Waals surface area contributed by atoms with E-state index >= 15 is 0 Å². The fraction of sp³-hybridized carbons (Fsp3) is 0.333. The van der Waals surface area contributed by atoms with Crippen molar-refractivity contribution in [2.45, 2.75) is 78.9 Å². The van der Waals surface area contributed by atoms with Crippen molar-refractivity contribution in [2.75, 3.05) is 20.3 Å². The second-order valence-corrected chi connectivity index (χ2v) is 27.3. The van der Waals surface area contributed by atoms with Crippen molar-refractivity contribution in [3.05, 3.63) is 142 Å². The molecule has 59 heavy (non-hydrogen) atoms. The molecule has 1 atom stereocenters. The molecule has 9 nitrogen and oxygen atoms in total. The Kier molecular flexibility index (Phi) is 14.2. The van der Waals surface area contributed by atoms with Gasteiger partial charge in [-0.1, -0.05) is 144 Å². The first kappa shape index (κ1) is 44.7. The van der Waals surface area contributed by atoms with Crippen LogP contribution in [0.15, 0.2) is 114 Å². The summed E-state index contributed by atoms with van der Waals surface area (Å²) in [7, 11) is -2.95. The number of carbonyl (C=O) groups is 4. The fourth-order valence-corrected chi connectivity index (χ4v) is 12.9. The molecule has 0 unspecified atom stereocenters. The lowest BCUT2D eigenvalue weighted by molar-refractivity contribution is 0.0961. The van der Waals surface area contributed by atoms with Crippen molar-refractivity contribution >= 4 is 50.2 Å². The van der Waals surface area contributed by atoms with Crippen LogP contribution < -0.4 is 25.2 Å². The zero-order valence-electron chi connectivity index (χ0n) is 36.0. The van der Waals surface area contributed by atoms with Gasteiger partial charge in [0.05, 0.1) is 36.1 Å². The number of allylic oxidation sites excluding steroid dienone is 3. The number of hydrogen-bond acceptors (Lipinski definition) is 8. The predicted molar refractivity (Wildman–Crippen MR) is 239 cm³/mol. The second-order valence-electron chi connectivity index (χ2n) is 17.3. The van der Waals surface area contributed by atoms with Crippen LogP contribution >= 0.6 is 0 Å². The van der Waals surface area contributed by atoms with E-state index in [1.807, 2.05) is 79.7 Å². The van der Waals surface area contributed by atoms with Crippen molar-refractivity contribution in [3.63, 3.8) is 0 Å². The van der Waals surface area contributed by atoms with E-state index in [1.165, 1.54) is 7.11 Å². The van der Waals surface area contributed by atoms with Gasteiger partial charge in [-0.15, -0.1) is 0 Å². The molecule has 4 aromatic carbocycles. The van der Waals surface area contributed by atoms with Gasteiger partial charge < -0.3 is 18.6 Å². The number of benzene rings is 4. The molecule has 0 aromatic heterocycles. The number of alkyl carbamates (subject to hydrolysis) is 1. The molecule has 1 aliphatic rings. The third kappa shape index (κ3) is 10.1. The van der Waals surface area contributed by atoms with Gasteiger partial charge in [0.2, 0.25) is 5.78 Å². The molecule has 0 radical (unpaired) electrons.